The third-order valence-electron chi connectivity index (χ3n) is 5.07. The Morgan fingerprint density at radius 3 is 2.44 bits per heavy atom. The van der Waals surface area contributed by atoms with Gasteiger partial charge >= 0.3 is 0 Å². The molecule has 9 nitrogen and oxygen atoms in total. The van der Waals surface area contributed by atoms with Gasteiger partial charge in [-0.1, -0.05) is 59.7 Å². The van der Waals surface area contributed by atoms with Gasteiger partial charge in [-0.3, -0.25) is 25.0 Å². The van der Waals surface area contributed by atoms with Crippen molar-refractivity contribution in [3.63, 3.8) is 0 Å². The summed E-state index contributed by atoms with van der Waals surface area (Å²) in [5.41, 5.74) is 1.47. The largest absolute Gasteiger partial charge is 0.340 e. The minimum Gasteiger partial charge on any atom is -0.340 e. The quantitative estimate of drug-likeness (QED) is 0.220. The molecule has 11 heteroatoms. The number of carbonyl (C=O) groups is 2. The van der Waals surface area contributed by atoms with Crippen molar-refractivity contribution in [2.24, 2.45) is 5.92 Å². The van der Waals surface area contributed by atoms with Gasteiger partial charge in [-0.2, -0.15) is 0 Å². The first-order valence-electron chi connectivity index (χ1n) is 10.4. The van der Waals surface area contributed by atoms with Gasteiger partial charge in [0.05, 0.1) is 4.92 Å². The highest BCUT2D eigenvalue weighted by Gasteiger charge is 2.26. The molecule has 176 valence electrons. The van der Waals surface area contributed by atoms with E-state index in [1.54, 1.807) is 12.1 Å². The van der Waals surface area contributed by atoms with Crippen LogP contribution in [0.2, 0.25) is 0 Å². The fourth-order valence-electron chi connectivity index (χ4n) is 2.95. The molecule has 1 heterocycles. The van der Waals surface area contributed by atoms with Crippen LogP contribution in [0.15, 0.2) is 59.1 Å². The fourth-order valence-corrected chi connectivity index (χ4v) is 3.96. The lowest BCUT2D eigenvalue weighted by Crippen LogP contribution is -2.47. The number of amides is 2. The summed E-state index contributed by atoms with van der Waals surface area (Å²) >= 11 is 4.63. The van der Waals surface area contributed by atoms with Crippen molar-refractivity contribution in [3.05, 3.63) is 74.8 Å². The van der Waals surface area contributed by atoms with Crippen LogP contribution >= 0.6 is 27.3 Å². The van der Waals surface area contributed by atoms with E-state index in [4.69, 9.17) is 0 Å². The zero-order valence-electron chi connectivity index (χ0n) is 18.4. The van der Waals surface area contributed by atoms with Gasteiger partial charge in [0, 0.05) is 28.2 Å². The summed E-state index contributed by atoms with van der Waals surface area (Å²) < 4.78 is 0.948. The number of rotatable bonds is 9. The van der Waals surface area contributed by atoms with Crippen LogP contribution in [0.1, 0.15) is 25.8 Å². The van der Waals surface area contributed by atoms with Crippen molar-refractivity contribution >= 4 is 56.0 Å². The summed E-state index contributed by atoms with van der Waals surface area (Å²) in [6.07, 6.45) is 3.49. The number of nitrogens with one attached hydrogen (secondary N) is 2. The molecule has 2 N–H and O–H groups in total. The Kier molecular flexibility index (Phi) is 8.61. The Morgan fingerprint density at radius 1 is 1.15 bits per heavy atom. The van der Waals surface area contributed by atoms with Gasteiger partial charge in [-0.05, 0) is 41.8 Å². The molecule has 0 saturated heterocycles. The molecular formula is C23H22BrN5O4S. The van der Waals surface area contributed by atoms with Crippen molar-refractivity contribution in [2.45, 2.75) is 26.3 Å². The summed E-state index contributed by atoms with van der Waals surface area (Å²) in [5.74, 6) is -0.966. The molecular weight excluding hydrogens is 522 g/mol. The van der Waals surface area contributed by atoms with Crippen molar-refractivity contribution < 1.29 is 14.5 Å². The number of anilines is 1. The number of aromatic nitrogens is 2. The molecule has 3 rings (SSSR count). The standard InChI is InChI=1S/C23H22BrN5O4S/c1-3-14(2)20(25-19(30)13-6-15-4-11-18(12-5-15)29(32)33)21(31)26-23-28-27-22(34-23)16-7-9-17(24)10-8-16/h4-14,20H,3H2,1-2H3,(H,25,30)(H,26,28,31)/b13-6+/t14-,20+/m0/s1. The van der Waals surface area contributed by atoms with Crippen molar-refractivity contribution in [1.29, 1.82) is 0 Å². The number of hydrogen-bond donors (Lipinski definition) is 2. The number of hydrogen-bond acceptors (Lipinski definition) is 7. The first-order valence-corrected chi connectivity index (χ1v) is 12.0. The number of nitrogens with zero attached hydrogens (tertiary/aromatic N) is 3. The Labute approximate surface area is 208 Å². The second-order valence-corrected chi connectivity index (χ2v) is 9.36. The molecule has 0 radical (unpaired) electrons. The Morgan fingerprint density at radius 2 is 1.82 bits per heavy atom. The van der Waals surface area contributed by atoms with Crippen molar-refractivity contribution in [1.82, 2.24) is 15.5 Å². The van der Waals surface area contributed by atoms with E-state index in [0.29, 0.717) is 22.1 Å². The molecule has 0 unspecified atom stereocenters. The van der Waals surface area contributed by atoms with E-state index in [0.717, 1.165) is 10.0 Å². The summed E-state index contributed by atoms with van der Waals surface area (Å²) in [7, 11) is 0. The van der Waals surface area contributed by atoms with Crippen LogP contribution in [0.3, 0.4) is 0 Å². The molecule has 2 atom stereocenters. The maximum Gasteiger partial charge on any atom is 0.269 e. The van der Waals surface area contributed by atoms with Crippen LogP contribution in [0.4, 0.5) is 10.8 Å². The van der Waals surface area contributed by atoms with E-state index < -0.39 is 16.9 Å². The lowest BCUT2D eigenvalue weighted by molar-refractivity contribution is -0.384. The number of nitro benzene ring substituents is 1. The van der Waals surface area contributed by atoms with Gasteiger partial charge in [-0.15, -0.1) is 10.2 Å². The third-order valence-corrected chi connectivity index (χ3v) is 6.49. The average Bonchev–Trinajstić information content (AvgIpc) is 3.29. The lowest BCUT2D eigenvalue weighted by Gasteiger charge is -2.22. The highest BCUT2D eigenvalue weighted by Crippen LogP contribution is 2.27. The minimum atomic E-state index is -0.779. The van der Waals surface area contributed by atoms with Crippen molar-refractivity contribution in [2.75, 3.05) is 5.32 Å². The van der Waals surface area contributed by atoms with Crippen LogP contribution in [-0.4, -0.2) is 33.0 Å². The van der Waals surface area contributed by atoms with Crippen LogP contribution in [-0.2, 0) is 9.59 Å². The molecule has 0 spiro atoms. The van der Waals surface area contributed by atoms with Gasteiger partial charge in [0.2, 0.25) is 16.9 Å². The number of halogens is 1. The molecule has 0 aliphatic carbocycles. The second kappa shape index (κ2) is 11.6. The second-order valence-electron chi connectivity index (χ2n) is 7.46. The van der Waals surface area contributed by atoms with E-state index >= 15 is 0 Å². The van der Waals surface area contributed by atoms with E-state index in [1.807, 2.05) is 38.1 Å². The number of benzene rings is 2. The molecule has 0 aliphatic rings. The smallest absolute Gasteiger partial charge is 0.269 e. The molecule has 0 fully saturated rings. The maximum atomic E-state index is 12.9. The molecule has 3 aromatic rings. The fraction of sp³-hybridized carbons (Fsp3) is 0.217. The molecule has 1 aromatic heterocycles. The van der Waals surface area contributed by atoms with Crippen LogP contribution in [0, 0.1) is 16.0 Å². The van der Waals surface area contributed by atoms with Crippen LogP contribution < -0.4 is 10.6 Å². The summed E-state index contributed by atoms with van der Waals surface area (Å²) in [5, 5.41) is 25.4. The van der Waals surface area contributed by atoms with Gasteiger partial charge in [0.15, 0.2) is 0 Å². The first kappa shape index (κ1) is 25.2. The zero-order valence-corrected chi connectivity index (χ0v) is 20.8. The highest BCUT2D eigenvalue weighted by molar-refractivity contribution is 9.10. The summed E-state index contributed by atoms with van der Waals surface area (Å²) in [6, 6.07) is 12.6. The Balaban J connectivity index is 1.65. The first-order chi connectivity index (χ1) is 16.3. The van der Waals surface area contributed by atoms with Gasteiger partial charge in [-0.25, -0.2) is 0 Å². The monoisotopic (exact) mass is 543 g/mol. The maximum absolute atomic E-state index is 12.9. The van der Waals surface area contributed by atoms with E-state index in [1.165, 1.54) is 35.6 Å². The highest BCUT2D eigenvalue weighted by atomic mass is 79.9. The molecule has 0 saturated carbocycles. The van der Waals surface area contributed by atoms with Gasteiger partial charge in [0.1, 0.15) is 11.0 Å². The van der Waals surface area contributed by atoms with Crippen LogP contribution in [0.5, 0.6) is 0 Å². The minimum absolute atomic E-state index is 0.0323. The van der Waals surface area contributed by atoms with Gasteiger partial charge < -0.3 is 5.32 Å². The molecule has 34 heavy (non-hydrogen) atoms. The zero-order chi connectivity index (χ0) is 24.7. The number of carbonyl (C=O) groups excluding carboxylic acids is 2. The third kappa shape index (κ3) is 6.78. The van der Waals surface area contributed by atoms with E-state index in [2.05, 4.69) is 36.8 Å². The Bertz CT molecular complexity index is 1190. The topological polar surface area (TPSA) is 127 Å². The normalized spacial score (nSPS) is 12.8. The Hall–Kier alpha value is -3.44. The van der Waals surface area contributed by atoms with Crippen molar-refractivity contribution in [3.8, 4) is 10.6 Å². The van der Waals surface area contributed by atoms with E-state index in [9.17, 15) is 19.7 Å². The average molecular weight is 544 g/mol. The van der Waals surface area contributed by atoms with Gasteiger partial charge in [0.25, 0.3) is 5.69 Å². The summed E-state index contributed by atoms with van der Waals surface area (Å²) in [4.78, 5) is 35.7. The summed E-state index contributed by atoms with van der Waals surface area (Å²) in [6.45, 7) is 3.80. The molecule has 0 bridgehead atoms. The number of non-ortho nitro benzene ring substituents is 1. The lowest BCUT2D eigenvalue weighted by atomic mass is 9.98. The predicted molar refractivity (Wildman–Crippen MR) is 135 cm³/mol. The van der Waals surface area contributed by atoms with E-state index in [-0.39, 0.29) is 17.5 Å². The predicted octanol–water partition coefficient (Wildman–Crippen LogP) is 5.06. The SMILES string of the molecule is CC[C@H](C)[C@@H](NC(=O)/C=C/c1ccc([N+](=O)[O-])cc1)C(=O)Nc1nnc(-c2ccc(Br)cc2)s1. The molecule has 2 aromatic carbocycles. The molecule has 0 aliphatic heterocycles. The number of nitro groups is 1. The molecule has 2 amide bonds. The van der Waals surface area contributed by atoms with Crippen LogP contribution in [0.25, 0.3) is 16.6 Å².